The van der Waals surface area contributed by atoms with Gasteiger partial charge in [-0.1, -0.05) is 12.8 Å². The molecule has 0 aliphatic heterocycles. The molecule has 1 amide bonds. The zero-order chi connectivity index (χ0) is 12.4. The number of hydrogen-bond donors (Lipinski definition) is 2. The second kappa shape index (κ2) is 5.40. The van der Waals surface area contributed by atoms with Crippen LogP contribution in [0.4, 0.5) is 11.4 Å². The molecule has 1 aromatic carbocycles. The van der Waals surface area contributed by atoms with Crippen LogP contribution in [0.25, 0.3) is 0 Å². The lowest BCUT2D eigenvalue weighted by Crippen LogP contribution is -2.20. The standard InChI is InChI=1S/C12H14Br2N2O/c13-9-5-8(15)6-10(14)11(9)16-12(17)7-3-1-2-4-7/h5-7H,1-4,15H2,(H,16,17). The van der Waals surface area contributed by atoms with E-state index in [1.807, 2.05) is 0 Å². The molecule has 0 saturated heterocycles. The van der Waals surface area contributed by atoms with Crippen molar-refractivity contribution in [3.8, 4) is 0 Å². The van der Waals surface area contributed by atoms with Crippen LogP contribution in [0.2, 0.25) is 0 Å². The fourth-order valence-electron chi connectivity index (χ4n) is 2.13. The van der Waals surface area contributed by atoms with Crippen LogP contribution in [0.1, 0.15) is 25.7 Å². The molecule has 1 aliphatic rings. The zero-order valence-corrected chi connectivity index (χ0v) is 12.5. The quantitative estimate of drug-likeness (QED) is 0.784. The highest BCUT2D eigenvalue weighted by Crippen LogP contribution is 2.35. The smallest absolute Gasteiger partial charge is 0.227 e. The minimum atomic E-state index is 0.105. The predicted octanol–water partition coefficient (Wildman–Crippen LogP) is 3.92. The van der Waals surface area contributed by atoms with Crippen LogP contribution in [-0.2, 0) is 4.79 Å². The van der Waals surface area contributed by atoms with E-state index in [2.05, 4.69) is 37.2 Å². The molecular formula is C12H14Br2N2O. The Bertz CT molecular complexity index is 419. The van der Waals surface area contributed by atoms with Gasteiger partial charge in [-0.15, -0.1) is 0 Å². The number of benzene rings is 1. The molecule has 0 bridgehead atoms. The second-order valence-corrected chi connectivity index (χ2v) is 6.04. The highest BCUT2D eigenvalue weighted by Gasteiger charge is 2.23. The van der Waals surface area contributed by atoms with E-state index in [0.717, 1.165) is 40.3 Å². The van der Waals surface area contributed by atoms with Gasteiger partial charge in [-0.2, -0.15) is 0 Å². The first kappa shape index (κ1) is 12.9. The van der Waals surface area contributed by atoms with Crippen molar-refractivity contribution >= 4 is 49.1 Å². The van der Waals surface area contributed by atoms with E-state index in [1.165, 1.54) is 0 Å². The number of hydrogen-bond acceptors (Lipinski definition) is 2. The van der Waals surface area contributed by atoms with E-state index >= 15 is 0 Å². The minimum Gasteiger partial charge on any atom is -0.399 e. The van der Waals surface area contributed by atoms with Crippen LogP contribution >= 0.6 is 31.9 Å². The topological polar surface area (TPSA) is 55.1 Å². The third kappa shape index (κ3) is 3.01. The summed E-state index contributed by atoms with van der Waals surface area (Å²) in [6.45, 7) is 0. The molecule has 17 heavy (non-hydrogen) atoms. The Hall–Kier alpha value is -0.550. The molecular weight excluding hydrogens is 348 g/mol. The number of halogens is 2. The van der Waals surface area contributed by atoms with Crippen LogP contribution in [0, 0.1) is 5.92 Å². The molecule has 92 valence electrons. The summed E-state index contributed by atoms with van der Waals surface area (Å²) in [6, 6.07) is 3.57. The van der Waals surface area contributed by atoms with Crippen molar-refractivity contribution in [3.63, 3.8) is 0 Å². The number of amides is 1. The van der Waals surface area contributed by atoms with Crippen molar-refractivity contribution in [2.75, 3.05) is 11.1 Å². The van der Waals surface area contributed by atoms with Crippen molar-refractivity contribution in [1.29, 1.82) is 0 Å². The average Bonchev–Trinajstić information content (AvgIpc) is 2.76. The van der Waals surface area contributed by atoms with Crippen LogP contribution in [0.3, 0.4) is 0 Å². The highest BCUT2D eigenvalue weighted by atomic mass is 79.9. The van der Waals surface area contributed by atoms with Gasteiger partial charge >= 0.3 is 0 Å². The largest absolute Gasteiger partial charge is 0.399 e. The second-order valence-electron chi connectivity index (χ2n) is 4.33. The zero-order valence-electron chi connectivity index (χ0n) is 9.30. The van der Waals surface area contributed by atoms with E-state index in [9.17, 15) is 4.79 Å². The molecule has 2 rings (SSSR count). The van der Waals surface area contributed by atoms with Crippen molar-refractivity contribution in [2.45, 2.75) is 25.7 Å². The van der Waals surface area contributed by atoms with Crippen molar-refractivity contribution in [3.05, 3.63) is 21.1 Å². The van der Waals surface area contributed by atoms with E-state index in [4.69, 9.17) is 5.73 Å². The summed E-state index contributed by atoms with van der Waals surface area (Å²) in [6.07, 6.45) is 4.30. The number of nitrogen functional groups attached to an aromatic ring is 1. The molecule has 0 radical (unpaired) electrons. The summed E-state index contributed by atoms with van der Waals surface area (Å²) in [5.74, 6) is 0.264. The van der Waals surface area contributed by atoms with Gasteiger partial charge in [0.15, 0.2) is 0 Å². The van der Waals surface area contributed by atoms with E-state index in [-0.39, 0.29) is 11.8 Å². The molecule has 3 nitrogen and oxygen atoms in total. The number of anilines is 2. The van der Waals surface area contributed by atoms with Crippen molar-refractivity contribution in [2.24, 2.45) is 5.92 Å². The van der Waals surface area contributed by atoms with Crippen LogP contribution in [0.15, 0.2) is 21.1 Å². The first-order valence-corrected chi connectivity index (χ1v) is 7.22. The number of nitrogens with one attached hydrogen (secondary N) is 1. The fourth-order valence-corrected chi connectivity index (χ4v) is 3.55. The van der Waals surface area contributed by atoms with E-state index < -0.39 is 0 Å². The summed E-state index contributed by atoms with van der Waals surface area (Å²) in [5.41, 5.74) is 7.12. The SMILES string of the molecule is Nc1cc(Br)c(NC(=O)C2CCCC2)c(Br)c1. The van der Waals surface area contributed by atoms with Crippen LogP contribution in [0.5, 0.6) is 0 Å². The van der Waals surface area contributed by atoms with E-state index in [0.29, 0.717) is 5.69 Å². The Morgan fingerprint density at radius 2 is 1.76 bits per heavy atom. The molecule has 0 spiro atoms. The van der Waals surface area contributed by atoms with Gasteiger partial charge in [0.05, 0.1) is 5.69 Å². The lowest BCUT2D eigenvalue weighted by Gasteiger charge is -2.13. The first-order chi connectivity index (χ1) is 8.08. The molecule has 5 heteroatoms. The van der Waals surface area contributed by atoms with Crippen LogP contribution < -0.4 is 11.1 Å². The fraction of sp³-hybridized carbons (Fsp3) is 0.417. The number of carbonyl (C=O) groups is 1. The lowest BCUT2D eigenvalue weighted by molar-refractivity contribution is -0.119. The van der Waals surface area contributed by atoms with Gasteiger partial charge in [0.25, 0.3) is 0 Å². The summed E-state index contributed by atoms with van der Waals surface area (Å²) in [4.78, 5) is 12.0. The average molecular weight is 362 g/mol. The summed E-state index contributed by atoms with van der Waals surface area (Å²) in [7, 11) is 0. The van der Waals surface area contributed by atoms with Crippen molar-refractivity contribution in [1.82, 2.24) is 0 Å². The maximum atomic E-state index is 12.0. The number of nitrogens with two attached hydrogens (primary N) is 1. The molecule has 1 aliphatic carbocycles. The summed E-state index contributed by atoms with van der Waals surface area (Å²) in [5, 5.41) is 2.96. The third-order valence-corrected chi connectivity index (χ3v) is 4.29. The van der Waals surface area contributed by atoms with Gasteiger partial charge in [-0.3, -0.25) is 4.79 Å². The maximum Gasteiger partial charge on any atom is 0.227 e. The normalized spacial score (nSPS) is 16.1. The van der Waals surface area contributed by atoms with Crippen molar-refractivity contribution < 1.29 is 4.79 Å². The maximum absolute atomic E-state index is 12.0. The Labute approximate surface area is 117 Å². The highest BCUT2D eigenvalue weighted by molar-refractivity contribution is 9.11. The van der Waals surface area contributed by atoms with Gasteiger partial charge in [-0.05, 0) is 56.8 Å². The molecule has 1 fully saturated rings. The van der Waals surface area contributed by atoms with Gasteiger partial charge in [0.2, 0.25) is 5.91 Å². The predicted molar refractivity (Wildman–Crippen MR) is 76.8 cm³/mol. The number of carbonyl (C=O) groups excluding carboxylic acids is 1. The molecule has 1 aromatic rings. The Morgan fingerprint density at radius 3 is 2.29 bits per heavy atom. The summed E-state index contributed by atoms with van der Waals surface area (Å²) < 4.78 is 1.60. The third-order valence-electron chi connectivity index (χ3n) is 3.04. The monoisotopic (exact) mass is 360 g/mol. The molecule has 0 heterocycles. The van der Waals surface area contributed by atoms with Crippen LogP contribution in [-0.4, -0.2) is 5.91 Å². The first-order valence-electron chi connectivity index (χ1n) is 5.63. The molecule has 1 saturated carbocycles. The Balaban J connectivity index is 2.15. The lowest BCUT2D eigenvalue weighted by atomic mass is 10.1. The molecule has 0 aromatic heterocycles. The summed E-state index contributed by atoms with van der Waals surface area (Å²) >= 11 is 6.82. The van der Waals surface area contributed by atoms with Gasteiger partial charge in [0, 0.05) is 20.6 Å². The Morgan fingerprint density at radius 1 is 1.24 bits per heavy atom. The van der Waals surface area contributed by atoms with E-state index in [1.54, 1.807) is 12.1 Å². The molecule has 3 N–H and O–H groups in total. The van der Waals surface area contributed by atoms with Gasteiger partial charge in [0.1, 0.15) is 0 Å². The Kier molecular flexibility index (Phi) is 4.09. The molecule has 0 unspecified atom stereocenters. The molecule has 0 atom stereocenters. The van der Waals surface area contributed by atoms with Gasteiger partial charge < -0.3 is 11.1 Å². The van der Waals surface area contributed by atoms with Gasteiger partial charge in [-0.25, -0.2) is 0 Å². The minimum absolute atomic E-state index is 0.105. The number of rotatable bonds is 2.